The van der Waals surface area contributed by atoms with Crippen LogP contribution in [0, 0.1) is 6.92 Å². The number of amides is 3. The van der Waals surface area contributed by atoms with Gasteiger partial charge < -0.3 is 24.6 Å². The second kappa shape index (κ2) is 13.2. The fraction of sp³-hybridized carbons (Fsp3) is 0.414. The maximum Gasteiger partial charge on any atom is 0.239 e. The summed E-state index contributed by atoms with van der Waals surface area (Å²) in [5, 5.41) is 10.4. The SMILES string of the molecule is CCN1CC(=O)N[C@H]2CN(C(=O)CSc3n[nH]c(C)n3)CC[C@@H]2OCc2cccc(c2)Oc2cccc(c2)CC1=O. The van der Waals surface area contributed by atoms with Gasteiger partial charge in [0.05, 0.1) is 37.5 Å². The number of hydrogen-bond acceptors (Lipinski definition) is 8. The van der Waals surface area contributed by atoms with E-state index in [-0.39, 0.29) is 42.5 Å². The number of likely N-dealkylation sites (N-methyl/N-ethyl adjacent to an activating group) is 1. The predicted molar refractivity (Wildman–Crippen MR) is 152 cm³/mol. The number of fused-ring (bicyclic) bond motifs is 5. The second-order valence-electron chi connectivity index (χ2n) is 10.1. The Kier molecular flexibility index (Phi) is 9.20. The Morgan fingerprint density at radius 3 is 2.61 bits per heavy atom. The minimum Gasteiger partial charge on any atom is -0.457 e. The van der Waals surface area contributed by atoms with Gasteiger partial charge in [0.15, 0.2) is 0 Å². The Morgan fingerprint density at radius 1 is 1.12 bits per heavy atom. The van der Waals surface area contributed by atoms with Crippen molar-refractivity contribution in [2.24, 2.45) is 0 Å². The van der Waals surface area contributed by atoms with Crippen molar-refractivity contribution in [3.8, 4) is 11.5 Å². The van der Waals surface area contributed by atoms with Crippen molar-refractivity contribution in [2.45, 2.75) is 50.6 Å². The topological polar surface area (TPSA) is 130 Å². The van der Waals surface area contributed by atoms with Crippen LogP contribution in [-0.4, -0.2) is 86.8 Å². The number of rotatable bonds is 4. The molecule has 216 valence electrons. The van der Waals surface area contributed by atoms with Gasteiger partial charge in [-0.1, -0.05) is 36.0 Å². The highest BCUT2D eigenvalue weighted by atomic mass is 32.2. The average Bonchev–Trinajstić information content (AvgIpc) is 3.38. The summed E-state index contributed by atoms with van der Waals surface area (Å²) in [5.41, 5.74) is 1.73. The van der Waals surface area contributed by atoms with Crippen LogP contribution in [0.4, 0.5) is 0 Å². The molecule has 1 saturated heterocycles. The first-order valence-corrected chi connectivity index (χ1v) is 14.7. The number of aromatic amines is 1. The largest absolute Gasteiger partial charge is 0.457 e. The molecule has 0 aliphatic carbocycles. The quantitative estimate of drug-likeness (QED) is 0.452. The number of thioether (sulfide) groups is 1. The molecule has 2 atom stereocenters. The van der Waals surface area contributed by atoms with E-state index >= 15 is 0 Å². The molecule has 3 amide bonds. The summed E-state index contributed by atoms with van der Waals surface area (Å²) < 4.78 is 12.4. The molecule has 2 aliphatic heterocycles. The van der Waals surface area contributed by atoms with Crippen molar-refractivity contribution in [3.63, 3.8) is 0 Å². The van der Waals surface area contributed by atoms with E-state index in [1.807, 2.05) is 55.5 Å². The zero-order valence-corrected chi connectivity index (χ0v) is 24.0. The number of likely N-dealkylation sites (tertiary alicyclic amines) is 1. The molecule has 2 aliphatic rings. The fourth-order valence-corrected chi connectivity index (χ4v) is 5.69. The summed E-state index contributed by atoms with van der Waals surface area (Å²) >= 11 is 1.27. The number of benzene rings is 2. The molecule has 1 fully saturated rings. The first-order valence-electron chi connectivity index (χ1n) is 13.7. The van der Waals surface area contributed by atoms with Gasteiger partial charge in [-0.25, -0.2) is 4.98 Å². The van der Waals surface area contributed by atoms with Gasteiger partial charge in [0.2, 0.25) is 22.9 Å². The Labute approximate surface area is 243 Å². The molecule has 5 rings (SSSR count). The fourth-order valence-electron chi connectivity index (χ4n) is 4.95. The highest BCUT2D eigenvalue weighted by Crippen LogP contribution is 2.25. The molecule has 11 nitrogen and oxygen atoms in total. The zero-order valence-electron chi connectivity index (χ0n) is 23.2. The first-order chi connectivity index (χ1) is 19.9. The number of aryl methyl sites for hydroxylation is 1. The second-order valence-corrected chi connectivity index (χ2v) is 11.1. The first kappa shape index (κ1) is 28.6. The van der Waals surface area contributed by atoms with E-state index < -0.39 is 6.04 Å². The number of H-pyrrole nitrogens is 1. The molecule has 3 aromatic rings. The summed E-state index contributed by atoms with van der Waals surface area (Å²) in [4.78, 5) is 46.9. The molecule has 12 heteroatoms. The van der Waals surface area contributed by atoms with E-state index in [1.54, 1.807) is 11.8 Å². The van der Waals surface area contributed by atoms with Crippen LogP contribution in [0.15, 0.2) is 53.7 Å². The molecule has 41 heavy (non-hydrogen) atoms. The van der Waals surface area contributed by atoms with E-state index in [2.05, 4.69) is 20.5 Å². The third-order valence-corrected chi connectivity index (χ3v) is 7.90. The highest BCUT2D eigenvalue weighted by Gasteiger charge is 2.34. The van der Waals surface area contributed by atoms with E-state index in [9.17, 15) is 14.4 Å². The van der Waals surface area contributed by atoms with Gasteiger partial charge in [-0.05, 0) is 55.7 Å². The highest BCUT2D eigenvalue weighted by molar-refractivity contribution is 7.99. The van der Waals surface area contributed by atoms with Crippen molar-refractivity contribution in [1.29, 1.82) is 0 Å². The Bertz CT molecular complexity index is 1400. The lowest BCUT2D eigenvalue weighted by Crippen LogP contribution is -2.58. The van der Waals surface area contributed by atoms with Crippen LogP contribution in [0.1, 0.15) is 30.3 Å². The maximum atomic E-state index is 13.2. The lowest BCUT2D eigenvalue weighted by molar-refractivity contribution is -0.138. The molecule has 3 heterocycles. The van der Waals surface area contributed by atoms with E-state index in [1.165, 1.54) is 16.7 Å². The van der Waals surface area contributed by atoms with E-state index in [0.717, 1.165) is 11.1 Å². The predicted octanol–water partition coefficient (Wildman–Crippen LogP) is 2.70. The van der Waals surface area contributed by atoms with Gasteiger partial charge >= 0.3 is 0 Å². The minimum absolute atomic E-state index is 0.0643. The van der Waals surface area contributed by atoms with Crippen molar-refractivity contribution >= 4 is 29.5 Å². The van der Waals surface area contributed by atoms with Crippen LogP contribution in [0.3, 0.4) is 0 Å². The molecule has 4 bridgehead atoms. The smallest absolute Gasteiger partial charge is 0.239 e. The molecule has 2 N–H and O–H groups in total. The third kappa shape index (κ3) is 7.65. The number of nitrogens with zero attached hydrogens (tertiary/aromatic N) is 4. The lowest BCUT2D eigenvalue weighted by Gasteiger charge is -2.39. The normalized spacial score (nSPS) is 20.0. The van der Waals surface area contributed by atoms with E-state index in [4.69, 9.17) is 9.47 Å². The lowest BCUT2D eigenvalue weighted by atomic mass is 10.0. The maximum absolute atomic E-state index is 13.2. The van der Waals surface area contributed by atoms with Crippen molar-refractivity contribution in [2.75, 3.05) is 31.9 Å². The molecule has 1 aromatic heterocycles. The Balaban J connectivity index is 1.33. The van der Waals surface area contributed by atoms with Gasteiger partial charge in [0.1, 0.15) is 17.3 Å². The van der Waals surface area contributed by atoms with Crippen molar-refractivity contribution in [3.05, 3.63) is 65.5 Å². The molecular weight excluding hydrogens is 544 g/mol. The number of carbonyl (C=O) groups is 3. The number of piperidine rings is 1. The zero-order chi connectivity index (χ0) is 28.8. The van der Waals surface area contributed by atoms with Crippen molar-refractivity contribution in [1.82, 2.24) is 30.3 Å². The summed E-state index contributed by atoms with van der Waals surface area (Å²) in [6.07, 6.45) is 0.393. The monoisotopic (exact) mass is 578 g/mol. The molecule has 0 spiro atoms. The van der Waals surface area contributed by atoms with Crippen LogP contribution < -0.4 is 10.1 Å². The number of hydrogen-bond donors (Lipinski definition) is 2. The number of carbonyl (C=O) groups excluding carboxylic acids is 3. The van der Waals surface area contributed by atoms with Gasteiger partial charge in [0.25, 0.3) is 0 Å². The number of aromatic nitrogens is 3. The Morgan fingerprint density at radius 2 is 1.88 bits per heavy atom. The Hall–Kier alpha value is -3.90. The average molecular weight is 579 g/mol. The van der Waals surface area contributed by atoms with Gasteiger partial charge in [-0.15, -0.1) is 5.10 Å². The number of ether oxygens (including phenoxy) is 2. The molecule has 2 aromatic carbocycles. The van der Waals surface area contributed by atoms with Gasteiger partial charge in [-0.3, -0.25) is 19.5 Å². The van der Waals surface area contributed by atoms with Crippen LogP contribution >= 0.6 is 11.8 Å². The van der Waals surface area contributed by atoms with Gasteiger partial charge in [0, 0.05) is 19.6 Å². The summed E-state index contributed by atoms with van der Waals surface area (Å²) in [6, 6.07) is 14.6. The van der Waals surface area contributed by atoms with Crippen LogP contribution in [0.2, 0.25) is 0 Å². The van der Waals surface area contributed by atoms with E-state index in [0.29, 0.717) is 55.1 Å². The molecule has 0 unspecified atom stereocenters. The number of nitrogens with one attached hydrogen (secondary N) is 2. The van der Waals surface area contributed by atoms with Crippen LogP contribution in [-0.2, 0) is 32.1 Å². The standard InChI is InChI=1S/C29H34N6O5S/c1-3-34-16-26(36)31-24-15-35(28(38)18-41-29-30-19(2)32-33-29)11-10-25(24)39-17-21-7-5-9-23(13-21)40-22-8-4-6-20(12-22)14-27(34)37/h4-9,12-13,24-25H,3,10-11,14-18H2,1-2H3,(H,31,36)(H,30,32,33)/t24-,25-/m0/s1. The third-order valence-electron chi connectivity index (χ3n) is 7.07. The van der Waals surface area contributed by atoms with Crippen molar-refractivity contribution < 1.29 is 23.9 Å². The van der Waals surface area contributed by atoms with Crippen LogP contribution in [0.25, 0.3) is 0 Å². The molecule has 0 radical (unpaired) electrons. The summed E-state index contributed by atoms with van der Waals surface area (Å²) in [7, 11) is 0. The summed E-state index contributed by atoms with van der Waals surface area (Å²) in [6.45, 7) is 5.09. The molecule has 0 saturated carbocycles. The minimum atomic E-state index is -0.435. The van der Waals surface area contributed by atoms with Crippen LogP contribution in [0.5, 0.6) is 11.5 Å². The molecular formula is C29H34N6O5S. The van der Waals surface area contributed by atoms with Gasteiger partial charge in [-0.2, -0.15) is 0 Å². The summed E-state index contributed by atoms with van der Waals surface area (Å²) in [5.74, 6) is 1.67.